The van der Waals surface area contributed by atoms with Crippen LogP contribution in [0.25, 0.3) is 0 Å². The molecule has 4 nitrogen and oxygen atoms in total. The van der Waals surface area contributed by atoms with E-state index in [9.17, 15) is 4.79 Å². The summed E-state index contributed by atoms with van der Waals surface area (Å²) in [6.07, 6.45) is 0.975. The van der Waals surface area contributed by atoms with Gasteiger partial charge in [-0.15, -0.1) is 0 Å². The van der Waals surface area contributed by atoms with Gasteiger partial charge in [0.15, 0.2) is 0 Å². The summed E-state index contributed by atoms with van der Waals surface area (Å²) in [4.78, 5) is 13.7. The van der Waals surface area contributed by atoms with Crippen LogP contribution in [-0.2, 0) is 17.9 Å². The van der Waals surface area contributed by atoms with Crippen LogP contribution in [-0.4, -0.2) is 23.9 Å². The Bertz CT molecular complexity index is 417. The van der Waals surface area contributed by atoms with E-state index < -0.39 is 0 Å². The number of carbonyl (C=O) groups excluding carboxylic acids is 1. The summed E-state index contributed by atoms with van der Waals surface area (Å²) in [5.41, 5.74) is 9.06. The van der Waals surface area contributed by atoms with Crippen LogP contribution >= 0.6 is 0 Å². The predicted molar refractivity (Wildman–Crippen MR) is 68.3 cm³/mol. The van der Waals surface area contributed by atoms with Crippen molar-refractivity contribution in [2.75, 3.05) is 18.8 Å². The van der Waals surface area contributed by atoms with Gasteiger partial charge in [-0.05, 0) is 29.7 Å². The van der Waals surface area contributed by atoms with E-state index in [4.69, 9.17) is 5.73 Å². The molecule has 0 saturated carbocycles. The van der Waals surface area contributed by atoms with E-state index in [-0.39, 0.29) is 5.91 Å². The van der Waals surface area contributed by atoms with E-state index in [1.54, 1.807) is 0 Å². The summed E-state index contributed by atoms with van der Waals surface area (Å²) < 4.78 is 0. The topological polar surface area (TPSA) is 58.4 Å². The lowest BCUT2D eigenvalue weighted by atomic mass is 10.1. The maximum atomic E-state index is 11.6. The van der Waals surface area contributed by atoms with Crippen molar-refractivity contribution in [2.24, 2.45) is 0 Å². The van der Waals surface area contributed by atoms with E-state index in [0.717, 1.165) is 31.7 Å². The third-order valence-corrected chi connectivity index (χ3v) is 2.96. The van der Waals surface area contributed by atoms with Gasteiger partial charge >= 0.3 is 0 Å². The number of nitrogens with two attached hydrogens (primary N) is 1. The zero-order valence-corrected chi connectivity index (χ0v) is 10.2. The van der Waals surface area contributed by atoms with Crippen LogP contribution in [0.1, 0.15) is 24.5 Å². The Balaban J connectivity index is 1.89. The summed E-state index contributed by atoms with van der Waals surface area (Å²) >= 11 is 0. The molecular formula is C13H19N3O. The smallest absolute Gasteiger partial charge is 0.234 e. The third-order valence-electron chi connectivity index (χ3n) is 2.96. The molecule has 4 heteroatoms. The fourth-order valence-corrected chi connectivity index (χ4v) is 2.12. The maximum absolute atomic E-state index is 11.6. The van der Waals surface area contributed by atoms with Crippen molar-refractivity contribution in [3.63, 3.8) is 0 Å². The second kappa shape index (κ2) is 5.19. The Labute approximate surface area is 102 Å². The van der Waals surface area contributed by atoms with Crippen molar-refractivity contribution in [3.8, 4) is 0 Å². The molecule has 0 radical (unpaired) electrons. The van der Waals surface area contributed by atoms with Crippen LogP contribution in [0, 0.1) is 0 Å². The van der Waals surface area contributed by atoms with Gasteiger partial charge in [0.05, 0.1) is 6.54 Å². The van der Waals surface area contributed by atoms with Gasteiger partial charge in [0.25, 0.3) is 0 Å². The van der Waals surface area contributed by atoms with Crippen LogP contribution in [0.15, 0.2) is 18.2 Å². The van der Waals surface area contributed by atoms with Crippen molar-refractivity contribution in [1.29, 1.82) is 0 Å². The summed E-state index contributed by atoms with van der Waals surface area (Å²) in [6, 6.07) is 5.97. The Hall–Kier alpha value is -1.55. The van der Waals surface area contributed by atoms with E-state index in [1.165, 1.54) is 11.1 Å². The minimum atomic E-state index is 0.104. The first-order valence-corrected chi connectivity index (χ1v) is 6.05. The standard InChI is InChI=1S/C13H19N3O/c1-2-5-15-13(17)9-16-7-10-3-4-12(14)6-11(10)8-16/h3-4,6H,2,5,7-9,14H2,1H3,(H,15,17). The number of fused-ring (bicyclic) bond motifs is 1. The average molecular weight is 233 g/mol. The number of carbonyl (C=O) groups is 1. The van der Waals surface area contributed by atoms with Crippen molar-refractivity contribution in [1.82, 2.24) is 10.2 Å². The zero-order chi connectivity index (χ0) is 12.3. The molecule has 0 spiro atoms. The fraction of sp³-hybridized carbons (Fsp3) is 0.462. The molecule has 0 aromatic heterocycles. The molecule has 0 bridgehead atoms. The minimum Gasteiger partial charge on any atom is -0.399 e. The molecule has 1 amide bonds. The van der Waals surface area contributed by atoms with Gasteiger partial charge in [-0.1, -0.05) is 13.0 Å². The van der Waals surface area contributed by atoms with Gasteiger partial charge in [0, 0.05) is 25.3 Å². The monoisotopic (exact) mass is 233 g/mol. The molecule has 2 rings (SSSR count). The zero-order valence-electron chi connectivity index (χ0n) is 10.2. The Morgan fingerprint density at radius 1 is 1.41 bits per heavy atom. The SMILES string of the molecule is CCCNC(=O)CN1Cc2ccc(N)cc2C1. The summed E-state index contributed by atoms with van der Waals surface area (Å²) in [6.45, 7) is 4.94. The Kier molecular flexibility index (Phi) is 3.64. The minimum absolute atomic E-state index is 0.104. The van der Waals surface area contributed by atoms with Crippen molar-refractivity contribution in [2.45, 2.75) is 26.4 Å². The highest BCUT2D eigenvalue weighted by molar-refractivity contribution is 5.78. The number of anilines is 1. The number of hydrogen-bond donors (Lipinski definition) is 2. The van der Waals surface area contributed by atoms with Crippen LogP contribution < -0.4 is 11.1 Å². The second-order valence-corrected chi connectivity index (χ2v) is 4.52. The molecule has 3 N–H and O–H groups in total. The number of nitrogens with zero attached hydrogens (tertiary/aromatic N) is 1. The lowest BCUT2D eigenvalue weighted by molar-refractivity contribution is -0.122. The summed E-state index contributed by atoms with van der Waals surface area (Å²) in [5.74, 6) is 0.104. The van der Waals surface area contributed by atoms with Crippen molar-refractivity contribution >= 4 is 11.6 Å². The molecular weight excluding hydrogens is 214 g/mol. The fourth-order valence-electron chi connectivity index (χ4n) is 2.12. The molecule has 1 heterocycles. The normalized spacial score (nSPS) is 14.6. The highest BCUT2D eigenvalue weighted by Gasteiger charge is 2.20. The van der Waals surface area contributed by atoms with Gasteiger partial charge in [-0.3, -0.25) is 9.69 Å². The first-order valence-electron chi connectivity index (χ1n) is 6.05. The van der Waals surface area contributed by atoms with E-state index in [0.29, 0.717) is 6.54 Å². The molecule has 1 aliphatic heterocycles. The molecule has 92 valence electrons. The van der Waals surface area contributed by atoms with Crippen LogP contribution in [0.4, 0.5) is 5.69 Å². The lowest BCUT2D eigenvalue weighted by Crippen LogP contribution is -2.34. The largest absolute Gasteiger partial charge is 0.399 e. The Morgan fingerprint density at radius 2 is 2.18 bits per heavy atom. The molecule has 1 aliphatic rings. The Morgan fingerprint density at radius 3 is 2.94 bits per heavy atom. The van der Waals surface area contributed by atoms with Crippen LogP contribution in [0.5, 0.6) is 0 Å². The van der Waals surface area contributed by atoms with Gasteiger partial charge < -0.3 is 11.1 Å². The van der Waals surface area contributed by atoms with Crippen molar-refractivity contribution in [3.05, 3.63) is 29.3 Å². The predicted octanol–water partition coefficient (Wildman–Crippen LogP) is 1.11. The van der Waals surface area contributed by atoms with Crippen LogP contribution in [0.3, 0.4) is 0 Å². The van der Waals surface area contributed by atoms with Gasteiger partial charge in [-0.2, -0.15) is 0 Å². The molecule has 1 aromatic rings. The molecule has 17 heavy (non-hydrogen) atoms. The highest BCUT2D eigenvalue weighted by Crippen LogP contribution is 2.24. The second-order valence-electron chi connectivity index (χ2n) is 4.52. The van der Waals surface area contributed by atoms with Crippen LogP contribution in [0.2, 0.25) is 0 Å². The molecule has 1 aromatic carbocycles. The lowest BCUT2D eigenvalue weighted by Gasteiger charge is -2.13. The number of hydrogen-bond acceptors (Lipinski definition) is 3. The first kappa shape index (κ1) is 11.9. The molecule has 0 unspecified atom stereocenters. The maximum Gasteiger partial charge on any atom is 0.234 e. The number of benzene rings is 1. The third kappa shape index (κ3) is 2.97. The number of amides is 1. The average Bonchev–Trinajstić information content (AvgIpc) is 2.67. The van der Waals surface area contributed by atoms with E-state index in [1.807, 2.05) is 12.1 Å². The van der Waals surface area contributed by atoms with Gasteiger partial charge in [0.1, 0.15) is 0 Å². The van der Waals surface area contributed by atoms with E-state index in [2.05, 4.69) is 23.2 Å². The number of nitrogen functional groups attached to an aromatic ring is 1. The molecule has 0 saturated heterocycles. The van der Waals surface area contributed by atoms with Gasteiger partial charge in [0.2, 0.25) is 5.91 Å². The van der Waals surface area contributed by atoms with Gasteiger partial charge in [-0.25, -0.2) is 0 Å². The highest BCUT2D eigenvalue weighted by atomic mass is 16.2. The molecule has 0 atom stereocenters. The molecule has 0 aliphatic carbocycles. The number of rotatable bonds is 4. The summed E-state index contributed by atoms with van der Waals surface area (Å²) in [5, 5.41) is 2.89. The summed E-state index contributed by atoms with van der Waals surface area (Å²) in [7, 11) is 0. The van der Waals surface area contributed by atoms with E-state index >= 15 is 0 Å². The quantitative estimate of drug-likeness (QED) is 0.766. The number of nitrogens with one attached hydrogen (secondary N) is 1. The first-order chi connectivity index (χ1) is 8.19. The van der Waals surface area contributed by atoms with Crippen molar-refractivity contribution < 1.29 is 4.79 Å². The molecule has 0 fully saturated rings.